The number of thiophene rings is 1. The number of carboxylic acid groups (broad SMARTS) is 1. The van der Waals surface area contributed by atoms with Crippen LogP contribution in [0.1, 0.15) is 44.2 Å². The van der Waals surface area contributed by atoms with Crippen molar-refractivity contribution >= 4 is 39.3 Å². The van der Waals surface area contributed by atoms with Crippen LogP contribution in [0.5, 0.6) is 6.01 Å². The second-order valence-electron chi connectivity index (χ2n) is 8.36. The first-order valence-electron chi connectivity index (χ1n) is 11.4. The molecule has 202 valence electrons. The largest absolute Gasteiger partial charge is 0.481 e. The lowest BCUT2D eigenvalue weighted by atomic mass is 10.2. The van der Waals surface area contributed by atoms with Crippen molar-refractivity contribution in [3.05, 3.63) is 22.6 Å². The lowest BCUT2D eigenvalue weighted by molar-refractivity contribution is -0.147. The number of esters is 1. The fourth-order valence-electron chi connectivity index (χ4n) is 3.49. The van der Waals surface area contributed by atoms with Crippen LogP contribution >= 0.6 is 11.3 Å². The normalized spacial score (nSPS) is 14.0. The molecule has 0 spiro atoms. The summed E-state index contributed by atoms with van der Waals surface area (Å²) in [6.07, 6.45) is -3.73. The minimum atomic E-state index is -4.55. The van der Waals surface area contributed by atoms with Crippen molar-refractivity contribution in [1.29, 1.82) is 0 Å². The molecule has 1 atom stereocenters. The van der Waals surface area contributed by atoms with Crippen molar-refractivity contribution < 1.29 is 37.3 Å². The predicted molar refractivity (Wildman–Crippen MR) is 127 cm³/mol. The lowest BCUT2D eigenvalue weighted by Gasteiger charge is -2.29. The Hall–Kier alpha value is -3.49. The van der Waals surface area contributed by atoms with E-state index in [0.29, 0.717) is 12.4 Å². The van der Waals surface area contributed by atoms with E-state index >= 15 is 0 Å². The van der Waals surface area contributed by atoms with Gasteiger partial charge in [0.2, 0.25) is 5.82 Å². The Kier molecular flexibility index (Phi) is 8.89. The molecule has 11 nitrogen and oxygen atoms in total. The van der Waals surface area contributed by atoms with Crippen LogP contribution in [0, 0.1) is 5.92 Å². The molecule has 1 N–H and O–H groups in total. The number of hydrogen-bond acceptors (Lipinski definition) is 10. The number of hydrogen-bond donors (Lipinski definition) is 1. The van der Waals surface area contributed by atoms with Gasteiger partial charge in [0, 0.05) is 37.7 Å². The highest BCUT2D eigenvalue weighted by molar-refractivity contribution is 7.18. The molecule has 3 aromatic heterocycles. The number of anilines is 1. The zero-order valence-electron chi connectivity index (χ0n) is 20.7. The molecular formula is C22H27F3N6O5S. The number of rotatable bonds is 7. The molecule has 1 aliphatic rings. The fourth-order valence-corrected chi connectivity index (χ4v) is 4.44. The lowest BCUT2D eigenvalue weighted by Crippen LogP contribution is -2.36. The number of aliphatic carboxylic acids is 1. The van der Waals surface area contributed by atoms with Crippen molar-refractivity contribution in [3.63, 3.8) is 0 Å². The van der Waals surface area contributed by atoms with Gasteiger partial charge in [-0.15, -0.1) is 21.5 Å². The average molecular weight is 545 g/mol. The van der Waals surface area contributed by atoms with E-state index in [4.69, 9.17) is 19.4 Å². The molecule has 0 radical (unpaired) electrons. The zero-order valence-corrected chi connectivity index (χ0v) is 21.5. The van der Waals surface area contributed by atoms with Crippen LogP contribution in [-0.4, -0.2) is 61.5 Å². The van der Waals surface area contributed by atoms with E-state index in [1.165, 1.54) is 18.3 Å². The SMILES string of the molecule is CC(=O)O.CCc1cc2c(N3CCn4c(nnc4C(F)(F)F)C3)nc(OCC(C)COC(C)=O)nc2s1. The third kappa shape index (κ3) is 7.27. The van der Waals surface area contributed by atoms with Crippen molar-refractivity contribution in [3.8, 4) is 6.01 Å². The maximum Gasteiger partial charge on any atom is 0.451 e. The number of carbonyl (C=O) groups excluding carboxylic acids is 1. The molecule has 0 saturated heterocycles. The number of carbonyl (C=O) groups is 2. The number of aromatic nitrogens is 5. The first-order valence-corrected chi connectivity index (χ1v) is 12.2. The number of fused-ring (bicyclic) bond motifs is 2. The van der Waals surface area contributed by atoms with Crippen molar-refractivity contribution in [2.24, 2.45) is 5.92 Å². The van der Waals surface area contributed by atoms with E-state index < -0.39 is 18.0 Å². The number of aryl methyl sites for hydroxylation is 1. The fraction of sp³-hybridized carbons (Fsp3) is 0.545. The third-order valence-electron chi connectivity index (χ3n) is 5.13. The maximum atomic E-state index is 13.2. The minimum Gasteiger partial charge on any atom is -0.481 e. The van der Waals surface area contributed by atoms with Crippen LogP contribution in [0.15, 0.2) is 6.07 Å². The topological polar surface area (TPSA) is 133 Å². The van der Waals surface area contributed by atoms with E-state index in [1.807, 2.05) is 24.8 Å². The summed E-state index contributed by atoms with van der Waals surface area (Å²) in [5, 5.41) is 15.3. The van der Waals surface area contributed by atoms with Gasteiger partial charge in [0.15, 0.2) is 5.82 Å². The van der Waals surface area contributed by atoms with Gasteiger partial charge in [0.25, 0.3) is 5.97 Å². The van der Waals surface area contributed by atoms with E-state index in [0.717, 1.165) is 33.0 Å². The van der Waals surface area contributed by atoms with Crippen LogP contribution in [0.4, 0.5) is 19.0 Å². The summed E-state index contributed by atoms with van der Waals surface area (Å²) in [6.45, 7) is 7.32. The van der Waals surface area contributed by atoms with Gasteiger partial charge in [0.05, 0.1) is 25.1 Å². The van der Waals surface area contributed by atoms with Crippen LogP contribution in [-0.2, 0) is 40.0 Å². The summed E-state index contributed by atoms with van der Waals surface area (Å²) in [4.78, 5) is 32.8. The van der Waals surface area contributed by atoms with Gasteiger partial charge in [-0.1, -0.05) is 13.8 Å². The second kappa shape index (κ2) is 11.7. The molecule has 15 heteroatoms. The molecule has 0 saturated carbocycles. The Morgan fingerprint density at radius 2 is 1.89 bits per heavy atom. The third-order valence-corrected chi connectivity index (χ3v) is 6.30. The van der Waals surface area contributed by atoms with Gasteiger partial charge in [-0.05, 0) is 12.5 Å². The number of ether oxygens (including phenoxy) is 2. The summed E-state index contributed by atoms with van der Waals surface area (Å²) in [5.41, 5.74) is 0. The standard InChI is InChI=1S/C20H23F3N6O3S.C2H4O2/c1-4-13-7-14-16(28-5-6-29-15(8-28)26-27-18(29)20(21,22)23)24-19(25-17(14)33-13)32-10-11(2)9-31-12(3)30;1-2(3)4/h7,11H,4-6,8-10H2,1-3H3;1H3,(H,3,4). The molecule has 37 heavy (non-hydrogen) atoms. The Morgan fingerprint density at radius 3 is 2.51 bits per heavy atom. The molecular weight excluding hydrogens is 517 g/mol. The Morgan fingerprint density at radius 1 is 1.19 bits per heavy atom. The number of halogens is 3. The number of nitrogens with zero attached hydrogens (tertiary/aromatic N) is 6. The van der Waals surface area contributed by atoms with E-state index in [-0.39, 0.29) is 50.0 Å². The molecule has 0 aromatic carbocycles. The Balaban J connectivity index is 0.000000886. The molecule has 0 fully saturated rings. The van der Waals surface area contributed by atoms with E-state index in [9.17, 15) is 18.0 Å². The maximum absolute atomic E-state index is 13.2. The monoisotopic (exact) mass is 544 g/mol. The molecule has 4 rings (SSSR count). The average Bonchev–Trinajstić information content (AvgIpc) is 3.43. The summed E-state index contributed by atoms with van der Waals surface area (Å²) < 4.78 is 51.4. The molecule has 0 amide bonds. The van der Waals surface area contributed by atoms with Crippen molar-refractivity contribution in [1.82, 2.24) is 24.7 Å². The quantitative estimate of drug-likeness (QED) is 0.440. The molecule has 1 unspecified atom stereocenters. The van der Waals surface area contributed by atoms with E-state index in [1.54, 1.807) is 0 Å². The number of carboxylic acids is 1. The molecule has 1 aliphatic heterocycles. The van der Waals surface area contributed by atoms with Gasteiger partial charge in [-0.25, -0.2) is 0 Å². The Labute approximate surface area is 214 Å². The van der Waals surface area contributed by atoms with Crippen molar-refractivity contribution in [2.75, 3.05) is 24.7 Å². The van der Waals surface area contributed by atoms with Gasteiger partial charge >= 0.3 is 18.2 Å². The molecule has 0 aliphatic carbocycles. The smallest absolute Gasteiger partial charge is 0.451 e. The second-order valence-corrected chi connectivity index (χ2v) is 9.48. The highest BCUT2D eigenvalue weighted by Crippen LogP contribution is 2.35. The highest BCUT2D eigenvalue weighted by Gasteiger charge is 2.39. The zero-order chi connectivity index (χ0) is 27.3. The summed E-state index contributed by atoms with van der Waals surface area (Å²) in [6, 6.07) is 2.17. The van der Waals surface area contributed by atoms with Crippen molar-refractivity contribution in [2.45, 2.75) is 53.4 Å². The van der Waals surface area contributed by atoms with E-state index in [2.05, 4.69) is 20.2 Å². The first kappa shape index (κ1) is 28.1. The predicted octanol–water partition coefficient (Wildman–Crippen LogP) is 3.55. The van der Waals surface area contributed by atoms with Crippen LogP contribution < -0.4 is 9.64 Å². The molecule has 0 bridgehead atoms. The first-order chi connectivity index (χ1) is 17.4. The van der Waals surface area contributed by atoms with Crippen LogP contribution in [0.2, 0.25) is 0 Å². The molecule has 4 heterocycles. The number of alkyl halides is 3. The van der Waals surface area contributed by atoms with Gasteiger partial charge in [0.1, 0.15) is 10.6 Å². The minimum absolute atomic E-state index is 0.0690. The van der Waals surface area contributed by atoms with Crippen LogP contribution in [0.25, 0.3) is 10.2 Å². The highest BCUT2D eigenvalue weighted by atomic mass is 32.1. The van der Waals surface area contributed by atoms with Gasteiger partial charge in [-0.3, -0.25) is 9.59 Å². The van der Waals surface area contributed by atoms with Gasteiger partial charge in [-0.2, -0.15) is 23.1 Å². The molecule has 3 aromatic rings. The van der Waals surface area contributed by atoms with Crippen LogP contribution in [0.3, 0.4) is 0 Å². The summed E-state index contributed by atoms with van der Waals surface area (Å²) in [7, 11) is 0. The Bertz CT molecular complexity index is 1260. The summed E-state index contributed by atoms with van der Waals surface area (Å²) >= 11 is 1.52. The summed E-state index contributed by atoms with van der Waals surface area (Å²) in [5.74, 6) is -1.44. The van der Waals surface area contributed by atoms with Gasteiger partial charge < -0.3 is 24.0 Å².